The molecule has 1 saturated heterocycles. The maximum atomic E-state index is 11.8. The van der Waals surface area contributed by atoms with E-state index in [9.17, 15) is 14.4 Å². The first kappa shape index (κ1) is 13.4. The number of nitrogens with zero attached hydrogens (tertiary/aromatic N) is 1. The predicted molar refractivity (Wildman–Crippen MR) is 57.2 cm³/mol. The zero-order valence-electron chi connectivity index (χ0n) is 9.33. The highest BCUT2D eigenvalue weighted by atomic mass is 16.4. The van der Waals surface area contributed by atoms with Crippen LogP contribution in [0, 0.1) is 0 Å². The fourth-order valence-corrected chi connectivity index (χ4v) is 1.90. The van der Waals surface area contributed by atoms with E-state index in [4.69, 9.17) is 15.9 Å². The predicted octanol–water partition coefficient (Wildman–Crippen LogP) is -0.746. The van der Waals surface area contributed by atoms with Gasteiger partial charge >= 0.3 is 11.9 Å². The SMILES string of the molecule is NC(CCC(=O)O)C(=O)N1CCC[C@H]1C(=O)O. The van der Waals surface area contributed by atoms with Gasteiger partial charge in [-0.1, -0.05) is 0 Å². The second-order valence-electron chi connectivity index (χ2n) is 4.07. The minimum atomic E-state index is -1.04. The van der Waals surface area contributed by atoms with E-state index in [0.29, 0.717) is 19.4 Å². The lowest BCUT2D eigenvalue weighted by molar-refractivity contribution is -0.149. The molecule has 17 heavy (non-hydrogen) atoms. The van der Waals surface area contributed by atoms with Gasteiger partial charge in [0.25, 0.3) is 0 Å². The summed E-state index contributed by atoms with van der Waals surface area (Å²) in [6, 6.07) is -1.76. The number of carbonyl (C=O) groups excluding carboxylic acids is 1. The van der Waals surface area contributed by atoms with Gasteiger partial charge < -0.3 is 20.8 Å². The van der Waals surface area contributed by atoms with Crippen molar-refractivity contribution in [2.24, 2.45) is 5.73 Å². The molecule has 1 aliphatic heterocycles. The van der Waals surface area contributed by atoms with Crippen LogP contribution in [-0.2, 0) is 14.4 Å². The summed E-state index contributed by atoms with van der Waals surface area (Å²) in [5.74, 6) is -2.54. The van der Waals surface area contributed by atoms with Gasteiger partial charge in [-0.15, -0.1) is 0 Å². The van der Waals surface area contributed by atoms with Crippen LogP contribution in [0.4, 0.5) is 0 Å². The van der Waals surface area contributed by atoms with Crippen molar-refractivity contribution in [3.63, 3.8) is 0 Å². The van der Waals surface area contributed by atoms with E-state index >= 15 is 0 Å². The summed E-state index contributed by atoms with van der Waals surface area (Å²) in [5.41, 5.74) is 5.56. The number of carboxylic acids is 2. The topological polar surface area (TPSA) is 121 Å². The molecule has 0 spiro atoms. The number of carboxylic acid groups (broad SMARTS) is 2. The normalized spacial score (nSPS) is 21.2. The van der Waals surface area contributed by atoms with Crippen molar-refractivity contribution in [2.45, 2.75) is 37.8 Å². The quantitative estimate of drug-likeness (QED) is 0.585. The first-order valence-electron chi connectivity index (χ1n) is 5.44. The lowest BCUT2D eigenvalue weighted by atomic mass is 10.1. The second-order valence-corrected chi connectivity index (χ2v) is 4.07. The Morgan fingerprint density at radius 2 is 2.00 bits per heavy atom. The Morgan fingerprint density at radius 3 is 2.53 bits per heavy atom. The molecule has 1 heterocycles. The molecular formula is C10H16N2O5. The number of nitrogens with two attached hydrogens (primary N) is 1. The molecule has 1 amide bonds. The van der Waals surface area contributed by atoms with Crippen LogP contribution in [0.25, 0.3) is 0 Å². The van der Waals surface area contributed by atoms with E-state index < -0.39 is 29.9 Å². The number of amides is 1. The van der Waals surface area contributed by atoms with E-state index in [1.165, 1.54) is 4.90 Å². The van der Waals surface area contributed by atoms with Crippen molar-refractivity contribution in [3.05, 3.63) is 0 Å². The van der Waals surface area contributed by atoms with Gasteiger partial charge in [-0.25, -0.2) is 4.79 Å². The van der Waals surface area contributed by atoms with Crippen LogP contribution < -0.4 is 5.73 Å². The van der Waals surface area contributed by atoms with Crippen molar-refractivity contribution in [3.8, 4) is 0 Å². The second kappa shape index (κ2) is 5.62. The highest BCUT2D eigenvalue weighted by molar-refractivity contribution is 5.87. The summed E-state index contributed by atoms with van der Waals surface area (Å²) in [5, 5.41) is 17.4. The molecule has 0 radical (unpaired) electrons. The van der Waals surface area contributed by atoms with Crippen LogP contribution in [-0.4, -0.2) is 51.6 Å². The van der Waals surface area contributed by atoms with Gasteiger partial charge in [0.1, 0.15) is 6.04 Å². The Morgan fingerprint density at radius 1 is 1.35 bits per heavy atom. The molecule has 96 valence electrons. The molecule has 0 aromatic rings. The summed E-state index contributed by atoms with van der Waals surface area (Å²) < 4.78 is 0. The molecular weight excluding hydrogens is 228 g/mol. The van der Waals surface area contributed by atoms with Gasteiger partial charge in [-0.2, -0.15) is 0 Å². The van der Waals surface area contributed by atoms with Gasteiger partial charge in [0.05, 0.1) is 6.04 Å². The zero-order valence-corrected chi connectivity index (χ0v) is 9.33. The number of likely N-dealkylation sites (tertiary alicyclic amines) is 1. The minimum absolute atomic E-state index is 0.0248. The Labute approximate surface area is 98.2 Å². The Balaban J connectivity index is 2.56. The third kappa shape index (κ3) is 3.42. The van der Waals surface area contributed by atoms with Crippen molar-refractivity contribution in [1.82, 2.24) is 4.90 Å². The lowest BCUT2D eigenvalue weighted by Crippen LogP contribution is -2.48. The monoisotopic (exact) mass is 244 g/mol. The highest BCUT2D eigenvalue weighted by Gasteiger charge is 2.35. The molecule has 1 aliphatic rings. The fourth-order valence-electron chi connectivity index (χ4n) is 1.90. The third-order valence-corrected chi connectivity index (χ3v) is 2.81. The van der Waals surface area contributed by atoms with Gasteiger partial charge in [-0.05, 0) is 19.3 Å². The lowest BCUT2D eigenvalue weighted by Gasteiger charge is -2.24. The van der Waals surface area contributed by atoms with Crippen LogP contribution in [0.2, 0.25) is 0 Å². The molecule has 1 fully saturated rings. The van der Waals surface area contributed by atoms with E-state index in [2.05, 4.69) is 0 Å². The highest BCUT2D eigenvalue weighted by Crippen LogP contribution is 2.18. The van der Waals surface area contributed by atoms with Gasteiger partial charge in [0.15, 0.2) is 0 Å². The molecule has 2 atom stereocenters. The molecule has 7 nitrogen and oxygen atoms in total. The summed E-state index contributed by atoms with van der Waals surface area (Å²) in [7, 11) is 0. The molecule has 0 aliphatic carbocycles. The minimum Gasteiger partial charge on any atom is -0.481 e. The first-order valence-corrected chi connectivity index (χ1v) is 5.44. The Bertz CT molecular complexity index is 331. The van der Waals surface area contributed by atoms with E-state index in [-0.39, 0.29) is 12.8 Å². The van der Waals surface area contributed by atoms with Crippen LogP contribution in [0.1, 0.15) is 25.7 Å². The fraction of sp³-hybridized carbons (Fsp3) is 0.700. The van der Waals surface area contributed by atoms with Crippen LogP contribution in [0.15, 0.2) is 0 Å². The average Bonchev–Trinajstić information content (AvgIpc) is 2.73. The zero-order chi connectivity index (χ0) is 13.0. The van der Waals surface area contributed by atoms with Crippen molar-refractivity contribution >= 4 is 17.8 Å². The van der Waals surface area contributed by atoms with Gasteiger partial charge in [0.2, 0.25) is 5.91 Å². The number of carbonyl (C=O) groups is 3. The van der Waals surface area contributed by atoms with E-state index in [1.807, 2.05) is 0 Å². The van der Waals surface area contributed by atoms with Crippen LogP contribution in [0.3, 0.4) is 0 Å². The van der Waals surface area contributed by atoms with Gasteiger partial charge in [-0.3, -0.25) is 9.59 Å². The maximum Gasteiger partial charge on any atom is 0.326 e. The molecule has 0 saturated carbocycles. The van der Waals surface area contributed by atoms with Crippen molar-refractivity contribution in [1.29, 1.82) is 0 Å². The largest absolute Gasteiger partial charge is 0.481 e. The third-order valence-electron chi connectivity index (χ3n) is 2.81. The van der Waals surface area contributed by atoms with Crippen LogP contribution >= 0.6 is 0 Å². The molecule has 1 rings (SSSR count). The van der Waals surface area contributed by atoms with Crippen molar-refractivity contribution < 1.29 is 24.6 Å². The number of hydrogen-bond donors (Lipinski definition) is 3. The maximum absolute atomic E-state index is 11.8. The summed E-state index contributed by atoms with van der Waals surface area (Å²) in [4.78, 5) is 34.3. The molecule has 0 bridgehead atoms. The molecule has 7 heteroatoms. The number of hydrogen-bond acceptors (Lipinski definition) is 4. The summed E-state index contributed by atoms with van der Waals surface area (Å²) >= 11 is 0. The van der Waals surface area contributed by atoms with Crippen molar-refractivity contribution in [2.75, 3.05) is 6.54 Å². The number of aliphatic carboxylic acids is 2. The Kier molecular flexibility index (Phi) is 4.45. The van der Waals surface area contributed by atoms with E-state index in [0.717, 1.165) is 0 Å². The molecule has 0 aromatic heterocycles. The molecule has 4 N–H and O–H groups in total. The number of rotatable bonds is 5. The van der Waals surface area contributed by atoms with E-state index in [1.54, 1.807) is 0 Å². The molecule has 0 aromatic carbocycles. The first-order chi connectivity index (χ1) is 7.93. The summed E-state index contributed by atoms with van der Waals surface area (Å²) in [6.07, 6.45) is 0.885. The standard InChI is InChI=1S/C10H16N2O5/c11-6(3-4-8(13)14)9(15)12-5-1-2-7(12)10(16)17/h6-7H,1-5,11H2,(H,13,14)(H,16,17)/t6?,7-/m0/s1. The smallest absolute Gasteiger partial charge is 0.326 e. The summed E-state index contributed by atoms with van der Waals surface area (Å²) in [6.45, 7) is 0.372. The van der Waals surface area contributed by atoms with Gasteiger partial charge in [0, 0.05) is 13.0 Å². The molecule has 1 unspecified atom stereocenters. The van der Waals surface area contributed by atoms with Crippen LogP contribution in [0.5, 0.6) is 0 Å². The Hall–Kier alpha value is -1.63. The average molecular weight is 244 g/mol.